The highest BCUT2D eigenvalue weighted by Gasteiger charge is 2.12. The zero-order chi connectivity index (χ0) is 19.2. The summed E-state index contributed by atoms with van der Waals surface area (Å²) in [5.74, 6) is -0.354. The first-order chi connectivity index (χ1) is 13.0. The lowest BCUT2D eigenvalue weighted by atomic mass is 10.1. The predicted molar refractivity (Wildman–Crippen MR) is 106 cm³/mol. The van der Waals surface area contributed by atoms with E-state index < -0.39 is 4.92 Å². The summed E-state index contributed by atoms with van der Waals surface area (Å²) in [6.07, 6.45) is 3.70. The second kappa shape index (κ2) is 8.11. The highest BCUT2D eigenvalue weighted by atomic mass is 32.1. The predicted octanol–water partition coefficient (Wildman–Crippen LogP) is 3.02. The molecule has 0 spiro atoms. The summed E-state index contributed by atoms with van der Waals surface area (Å²) in [5.41, 5.74) is 6.89. The van der Waals surface area contributed by atoms with Gasteiger partial charge < -0.3 is 9.88 Å². The third kappa shape index (κ3) is 4.47. The van der Waals surface area contributed by atoms with E-state index in [0.29, 0.717) is 11.3 Å². The Balaban J connectivity index is 1.61. The van der Waals surface area contributed by atoms with Crippen molar-refractivity contribution in [1.82, 2.24) is 15.4 Å². The highest BCUT2D eigenvalue weighted by molar-refractivity contribution is 7.80. The molecule has 0 aliphatic rings. The van der Waals surface area contributed by atoms with Gasteiger partial charge in [0.25, 0.3) is 11.6 Å². The number of carbonyl (C=O) groups is 1. The number of nitro groups is 1. The number of hydrogen-bond acceptors (Lipinski definition) is 4. The van der Waals surface area contributed by atoms with E-state index in [1.54, 1.807) is 12.1 Å². The SMILES string of the molecule is O=C(NNC(=S)Nc1ccc([N+](=O)[O-])cc1)c1ccccc1-n1cccc1. The molecule has 1 amide bonds. The molecule has 0 unspecified atom stereocenters. The number of amides is 1. The maximum atomic E-state index is 12.5. The molecule has 27 heavy (non-hydrogen) atoms. The first-order valence-electron chi connectivity index (χ1n) is 7.89. The number of non-ortho nitro benzene ring substituents is 1. The van der Waals surface area contributed by atoms with E-state index in [1.807, 2.05) is 41.2 Å². The minimum atomic E-state index is -0.483. The van der Waals surface area contributed by atoms with Crippen LogP contribution in [-0.4, -0.2) is 20.5 Å². The molecular formula is C18H15N5O3S. The first-order valence-corrected chi connectivity index (χ1v) is 8.29. The smallest absolute Gasteiger partial charge is 0.271 e. The summed E-state index contributed by atoms with van der Waals surface area (Å²) in [7, 11) is 0. The third-order valence-corrected chi connectivity index (χ3v) is 3.86. The Hall–Kier alpha value is -3.72. The number of anilines is 1. The van der Waals surface area contributed by atoms with Crippen molar-refractivity contribution in [3.8, 4) is 5.69 Å². The molecule has 3 aromatic rings. The van der Waals surface area contributed by atoms with Gasteiger partial charge in [0.1, 0.15) is 0 Å². The quantitative estimate of drug-likeness (QED) is 0.365. The van der Waals surface area contributed by atoms with E-state index in [1.165, 1.54) is 24.3 Å². The molecule has 0 atom stereocenters. The number of nitrogens with zero attached hydrogens (tertiary/aromatic N) is 2. The van der Waals surface area contributed by atoms with Crippen LogP contribution in [0.2, 0.25) is 0 Å². The van der Waals surface area contributed by atoms with Gasteiger partial charge in [0.05, 0.1) is 16.2 Å². The maximum absolute atomic E-state index is 12.5. The molecule has 3 rings (SSSR count). The molecule has 0 saturated carbocycles. The molecule has 0 radical (unpaired) electrons. The molecule has 0 bridgehead atoms. The summed E-state index contributed by atoms with van der Waals surface area (Å²) >= 11 is 5.13. The van der Waals surface area contributed by atoms with Gasteiger partial charge in [-0.15, -0.1) is 0 Å². The van der Waals surface area contributed by atoms with Crippen molar-refractivity contribution in [2.45, 2.75) is 0 Å². The van der Waals surface area contributed by atoms with Gasteiger partial charge >= 0.3 is 0 Å². The Bertz CT molecular complexity index is 971. The zero-order valence-corrected chi connectivity index (χ0v) is 14.8. The van der Waals surface area contributed by atoms with E-state index in [4.69, 9.17) is 12.2 Å². The number of nitrogens with one attached hydrogen (secondary N) is 3. The second-order valence-corrected chi connectivity index (χ2v) is 5.85. The van der Waals surface area contributed by atoms with Gasteiger partial charge in [-0.3, -0.25) is 25.8 Å². The molecule has 3 N–H and O–H groups in total. The van der Waals surface area contributed by atoms with Crippen LogP contribution in [-0.2, 0) is 0 Å². The van der Waals surface area contributed by atoms with E-state index in [-0.39, 0.29) is 16.7 Å². The lowest BCUT2D eigenvalue weighted by Crippen LogP contribution is -2.44. The van der Waals surface area contributed by atoms with Gasteiger partial charge in [0, 0.05) is 30.2 Å². The number of rotatable bonds is 4. The van der Waals surface area contributed by atoms with Crippen molar-refractivity contribution >= 4 is 34.6 Å². The molecule has 0 fully saturated rings. The maximum Gasteiger partial charge on any atom is 0.271 e. The number of hydrogen-bond donors (Lipinski definition) is 3. The molecule has 2 aromatic carbocycles. The number of carbonyl (C=O) groups excluding carboxylic acids is 1. The number of benzene rings is 2. The van der Waals surface area contributed by atoms with Crippen LogP contribution in [0, 0.1) is 10.1 Å². The topological polar surface area (TPSA) is 101 Å². The lowest BCUT2D eigenvalue weighted by Gasteiger charge is -2.14. The average Bonchev–Trinajstić information content (AvgIpc) is 3.21. The summed E-state index contributed by atoms with van der Waals surface area (Å²) in [6, 6.07) is 16.7. The number of para-hydroxylation sites is 1. The van der Waals surface area contributed by atoms with E-state index in [9.17, 15) is 14.9 Å². The number of thiocarbonyl (C=S) groups is 1. The highest BCUT2D eigenvalue weighted by Crippen LogP contribution is 2.16. The minimum absolute atomic E-state index is 0.0191. The monoisotopic (exact) mass is 381 g/mol. The fraction of sp³-hybridized carbons (Fsp3) is 0. The van der Waals surface area contributed by atoms with Crippen LogP contribution in [0.5, 0.6) is 0 Å². The first kappa shape index (κ1) is 18.1. The van der Waals surface area contributed by atoms with Crippen LogP contribution in [0.1, 0.15) is 10.4 Å². The molecule has 0 aliphatic carbocycles. The van der Waals surface area contributed by atoms with Crippen molar-refractivity contribution in [2.24, 2.45) is 0 Å². The van der Waals surface area contributed by atoms with Crippen molar-refractivity contribution in [1.29, 1.82) is 0 Å². The molecule has 1 aromatic heterocycles. The Morgan fingerprint density at radius 2 is 1.63 bits per heavy atom. The van der Waals surface area contributed by atoms with Crippen LogP contribution >= 0.6 is 12.2 Å². The van der Waals surface area contributed by atoms with E-state index in [2.05, 4.69) is 16.2 Å². The van der Waals surface area contributed by atoms with Gasteiger partial charge in [-0.2, -0.15) is 0 Å². The molecule has 9 heteroatoms. The van der Waals surface area contributed by atoms with Gasteiger partial charge in [-0.25, -0.2) is 0 Å². The summed E-state index contributed by atoms with van der Waals surface area (Å²) in [5, 5.41) is 13.6. The zero-order valence-electron chi connectivity index (χ0n) is 14.0. The van der Waals surface area contributed by atoms with Crippen LogP contribution in [0.15, 0.2) is 73.1 Å². The minimum Gasteiger partial charge on any atom is -0.331 e. The van der Waals surface area contributed by atoms with Crippen molar-refractivity contribution in [3.63, 3.8) is 0 Å². The van der Waals surface area contributed by atoms with E-state index in [0.717, 1.165) is 5.69 Å². The standard InChI is InChI=1S/C18H15N5O3S/c24-17(15-5-1-2-6-16(15)22-11-3-4-12-22)20-21-18(27)19-13-7-9-14(10-8-13)23(25)26/h1-12H,(H,20,24)(H2,19,21,27). The number of aromatic nitrogens is 1. The molecule has 0 aliphatic heterocycles. The van der Waals surface area contributed by atoms with Crippen LogP contribution in [0.25, 0.3) is 5.69 Å². The molecule has 8 nitrogen and oxygen atoms in total. The Morgan fingerprint density at radius 1 is 0.963 bits per heavy atom. The Labute approximate surface area is 159 Å². The number of hydrazine groups is 1. The normalized spacial score (nSPS) is 10.1. The summed E-state index contributed by atoms with van der Waals surface area (Å²) in [4.78, 5) is 22.7. The van der Waals surface area contributed by atoms with Crippen LogP contribution < -0.4 is 16.2 Å². The molecule has 136 valence electrons. The van der Waals surface area contributed by atoms with Crippen LogP contribution in [0.3, 0.4) is 0 Å². The van der Waals surface area contributed by atoms with Crippen LogP contribution in [0.4, 0.5) is 11.4 Å². The van der Waals surface area contributed by atoms with Crippen molar-refractivity contribution < 1.29 is 9.72 Å². The van der Waals surface area contributed by atoms with Gasteiger partial charge in [-0.05, 0) is 48.6 Å². The van der Waals surface area contributed by atoms with Gasteiger partial charge in [0.15, 0.2) is 5.11 Å². The molecule has 1 heterocycles. The van der Waals surface area contributed by atoms with Gasteiger partial charge in [-0.1, -0.05) is 12.1 Å². The molecule has 0 saturated heterocycles. The lowest BCUT2D eigenvalue weighted by molar-refractivity contribution is -0.384. The molecular weight excluding hydrogens is 366 g/mol. The summed E-state index contributed by atoms with van der Waals surface area (Å²) in [6.45, 7) is 0. The fourth-order valence-corrected chi connectivity index (χ4v) is 2.56. The number of nitro benzene ring substituents is 1. The fourth-order valence-electron chi connectivity index (χ4n) is 2.40. The third-order valence-electron chi connectivity index (χ3n) is 3.66. The van der Waals surface area contributed by atoms with Crippen molar-refractivity contribution in [2.75, 3.05) is 5.32 Å². The van der Waals surface area contributed by atoms with E-state index >= 15 is 0 Å². The Morgan fingerprint density at radius 3 is 2.30 bits per heavy atom. The van der Waals surface area contributed by atoms with Gasteiger partial charge in [0.2, 0.25) is 0 Å². The second-order valence-electron chi connectivity index (χ2n) is 5.44. The summed E-state index contributed by atoms with van der Waals surface area (Å²) < 4.78 is 1.84. The van der Waals surface area contributed by atoms with Crippen molar-refractivity contribution in [3.05, 3.63) is 88.7 Å². The average molecular weight is 381 g/mol. The Kier molecular flexibility index (Phi) is 5.43. The largest absolute Gasteiger partial charge is 0.331 e.